The van der Waals surface area contributed by atoms with Gasteiger partial charge in [-0.1, -0.05) is 12.1 Å². The van der Waals surface area contributed by atoms with E-state index in [0.29, 0.717) is 0 Å². The van der Waals surface area contributed by atoms with Gasteiger partial charge in [0.1, 0.15) is 5.92 Å². The van der Waals surface area contributed by atoms with Crippen molar-refractivity contribution in [3.8, 4) is 11.8 Å². The summed E-state index contributed by atoms with van der Waals surface area (Å²) in [7, 11) is 0. The standard InChI is InChI=1S/C11H9F3N2O2/c1-7(6-15)10(17)16-8-4-2-3-5-9(8)18-11(12,13)14/h2-5,7H,1H3,(H,16,17). The molecule has 0 aromatic heterocycles. The minimum absolute atomic E-state index is 0.137. The largest absolute Gasteiger partial charge is 0.573 e. The van der Waals surface area contributed by atoms with Gasteiger partial charge in [-0.3, -0.25) is 4.79 Å². The second-order valence-corrected chi connectivity index (χ2v) is 3.38. The third-order valence-electron chi connectivity index (χ3n) is 1.96. The van der Waals surface area contributed by atoms with E-state index >= 15 is 0 Å². The maximum absolute atomic E-state index is 12.1. The van der Waals surface area contributed by atoms with Crippen LogP contribution in [0.3, 0.4) is 0 Å². The SMILES string of the molecule is CC(C#N)C(=O)Nc1ccccc1OC(F)(F)F. The maximum atomic E-state index is 12.1. The number of halogens is 3. The molecule has 0 aliphatic carbocycles. The van der Waals surface area contributed by atoms with Crippen molar-refractivity contribution in [2.75, 3.05) is 5.32 Å². The molecular weight excluding hydrogens is 249 g/mol. The summed E-state index contributed by atoms with van der Waals surface area (Å²) in [6.07, 6.45) is -4.85. The molecule has 0 saturated heterocycles. The second kappa shape index (κ2) is 5.40. The molecule has 1 atom stereocenters. The minimum atomic E-state index is -4.85. The van der Waals surface area contributed by atoms with E-state index in [2.05, 4.69) is 10.1 Å². The molecule has 0 heterocycles. The van der Waals surface area contributed by atoms with Crippen LogP contribution in [0.1, 0.15) is 6.92 Å². The van der Waals surface area contributed by atoms with E-state index in [9.17, 15) is 18.0 Å². The second-order valence-electron chi connectivity index (χ2n) is 3.38. The Morgan fingerprint density at radius 2 is 2.06 bits per heavy atom. The van der Waals surface area contributed by atoms with Gasteiger partial charge in [-0.25, -0.2) is 0 Å². The van der Waals surface area contributed by atoms with Crippen LogP contribution in [-0.4, -0.2) is 12.3 Å². The molecule has 1 unspecified atom stereocenters. The van der Waals surface area contributed by atoms with Crippen LogP contribution in [0, 0.1) is 17.2 Å². The number of anilines is 1. The highest BCUT2D eigenvalue weighted by molar-refractivity contribution is 5.95. The first kappa shape index (κ1) is 13.8. The molecular formula is C11H9F3N2O2. The van der Waals surface area contributed by atoms with Gasteiger partial charge in [-0.2, -0.15) is 5.26 Å². The lowest BCUT2D eigenvalue weighted by Crippen LogP contribution is -2.22. The number of alkyl halides is 3. The third-order valence-corrected chi connectivity index (χ3v) is 1.96. The Balaban J connectivity index is 2.90. The molecule has 96 valence electrons. The van der Waals surface area contributed by atoms with Gasteiger partial charge >= 0.3 is 6.36 Å². The van der Waals surface area contributed by atoms with Crippen LogP contribution in [0.4, 0.5) is 18.9 Å². The average molecular weight is 258 g/mol. The molecule has 0 spiro atoms. The first-order chi connectivity index (χ1) is 8.33. The summed E-state index contributed by atoms with van der Waals surface area (Å²) in [4.78, 5) is 11.4. The highest BCUT2D eigenvalue weighted by Gasteiger charge is 2.32. The Hall–Kier alpha value is -2.23. The molecule has 1 aromatic rings. The van der Waals surface area contributed by atoms with E-state index in [-0.39, 0.29) is 5.69 Å². The van der Waals surface area contributed by atoms with Gasteiger partial charge in [0.2, 0.25) is 5.91 Å². The van der Waals surface area contributed by atoms with Crippen molar-refractivity contribution in [2.24, 2.45) is 5.92 Å². The lowest BCUT2D eigenvalue weighted by Gasteiger charge is -2.14. The number of rotatable bonds is 3. The molecule has 18 heavy (non-hydrogen) atoms. The van der Waals surface area contributed by atoms with E-state index in [0.717, 1.165) is 6.07 Å². The molecule has 0 fully saturated rings. The fourth-order valence-electron chi connectivity index (χ4n) is 1.08. The lowest BCUT2D eigenvalue weighted by molar-refractivity contribution is -0.274. The predicted octanol–water partition coefficient (Wildman–Crippen LogP) is 2.68. The van der Waals surface area contributed by atoms with E-state index in [1.165, 1.54) is 25.1 Å². The van der Waals surface area contributed by atoms with Crippen LogP contribution < -0.4 is 10.1 Å². The zero-order valence-electron chi connectivity index (χ0n) is 9.28. The number of hydrogen-bond acceptors (Lipinski definition) is 3. The zero-order chi connectivity index (χ0) is 13.8. The smallest absolute Gasteiger partial charge is 0.404 e. The normalized spacial score (nSPS) is 12.4. The molecule has 0 aliphatic heterocycles. The quantitative estimate of drug-likeness (QED) is 0.906. The van der Waals surface area contributed by atoms with Crippen LogP contribution in [0.25, 0.3) is 0 Å². The van der Waals surface area contributed by atoms with Crippen molar-refractivity contribution in [3.63, 3.8) is 0 Å². The highest BCUT2D eigenvalue weighted by atomic mass is 19.4. The molecule has 1 rings (SSSR count). The first-order valence-electron chi connectivity index (χ1n) is 4.88. The molecule has 7 heteroatoms. The number of para-hydroxylation sites is 2. The molecule has 0 radical (unpaired) electrons. The van der Waals surface area contributed by atoms with Crippen molar-refractivity contribution >= 4 is 11.6 Å². The molecule has 0 saturated carbocycles. The molecule has 1 N–H and O–H groups in total. The molecule has 4 nitrogen and oxygen atoms in total. The van der Waals surface area contributed by atoms with Crippen LogP contribution in [0.2, 0.25) is 0 Å². The number of nitrogens with one attached hydrogen (secondary N) is 1. The number of carbonyl (C=O) groups excluding carboxylic acids is 1. The van der Waals surface area contributed by atoms with Crippen LogP contribution in [-0.2, 0) is 4.79 Å². The summed E-state index contributed by atoms with van der Waals surface area (Å²) in [6.45, 7) is 1.34. The van der Waals surface area contributed by atoms with Gasteiger partial charge in [0.25, 0.3) is 0 Å². The van der Waals surface area contributed by atoms with Crippen LogP contribution in [0.5, 0.6) is 5.75 Å². The number of ether oxygens (including phenoxy) is 1. The van der Waals surface area contributed by atoms with E-state index in [4.69, 9.17) is 5.26 Å². The lowest BCUT2D eigenvalue weighted by atomic mass is 10.2. The predicted molar refractivity (Wildman–Crippen MR) is 56.5 cm³/mol. The summed E-state index contributed by atoms with van der Waals surface area (Å²) >= 11 is 0. The van der Waals surface area contributed by atoms with Gasteiger partial charge in [0.05, 0.1) is 11.8 Å². The number of carbonyl (C=O) groups is 1. The van der Waals surface area contributed by atoms with E-state index in [1.807, 2.05) is 0 Å². The van der Waals surface area contributed by atoms with Gasteiger partial charge in [0, 0.05) is 0 Å². The minimum Gasteiger partial charge on any atom is -0.404 e. The van der Waals surface area contributed by atoms with Crippen molar-refractivity contribution < 1.29 is 22.7 Å². The van der Waals surface area contributed by atoms with Crippen LogP contribution in [0.15, 0.2) is 24.3 Å². The average Bonchev–Trinajstić information content (AvgIpc) is 2.28. The number of nitriles is 1. The fourth-order valence-corrected chi connectivity index (χ4v) is 1.08. The van der Waals surface area contributed by atoms with Crippen molar-refractivity contribution in [3.05, 3.63) is 24.3 Å². The Labute approximate surface area is 101 Å². The number of hydrogen-bond donors (Lipinski definition) is 1. The number of amides is 1. The van der Waals surface area contributed by atoms with Crippen molar-refractivity contribution in [2.45, 2.75) is 13.3 Å². The monoisotopic (exact) mass is 258 g/mol. The molecule has 1 aromatic carbocycles. The van der Waals surface area contributed by atoms with Crippen LogP contribution >= 0.6 is 0 Å². The van der Waals surface area contributed by atoms with Gasteiger partial charge < -0.3 is 10.1 Å². The van der Waals surface area contributed by atoms with Crippen molar-refractivity contribution in [1.82, 2.24) is 0 Å². The summed E-state index contributed by atoms with van der Waals surface area (Å²) in [5, 5.41) is 10.7. The Morgan fingerprint density at radius 1 is 1.44 bits per heavy atom. The fraction of sp³-hybridized carbons (Fsp3) is 0.273. The third kappa shape index (κ3) is 3.97. The molecule has 0 aliphatic rings. The van der Waals surface area contributed by atoms with E-state index < -0.39 is 23.9 Å². The van der Waals surface area contributed by atoms with Gasteiger partial charge in [0.15, 0.2) is 5.75 Å². The Morgan fingerprint density at radius 3 is 2.61 bits per heavy atom. The summed E-state index contributed by atoms with van der Waals surface area (Å²) in [5.41, 5.74) is -0.137. The zero-order valence-corrected chi connectivity index (χ0v) is 9.28. The van der Waals surface area contributed by atoms with Gasteiger partial charge in [-0.05, 0) is 19.1 Å². The van der Waals surface area contributed by atoms with Crippen molar-refractivity contribution in [1.29, 1.82) is 5.26 Å². The van der Waals surface area contributed by atoms with Gasteiger partial charge in [-0.15, -0.1) is 13.2 Å². The van der Waals surface area contributed by atoms with E-state index in [1.54, 1.807) is 6.07 Å². The topological polar surface area (TPSA) is 62.1 Å². The summed E-state index contributed by atoms with van der Waals surface area (Å²) in [6, 6.07) is 6.78. The Kier molecular flexibility index (Phi) is 4.15. The number of benzene rings is 1. The maximum Gasteiger partial charge on any atom is 0.573 e. The highest BCUT2D eigenvalue weighted by Crippen LogP contribution is 2.30. The summed E-state index contributed by atoms with van der Waals surface area (Å²) in [5.74, 6) is -2.19. The molecule has 1 amide bonds. The summed E-state index contributed by atoms with van der Waals surface area (Å²) < 4.78 is 40.0. The Bertz CT molecular complexity index is 480. The first-order valence-corrected chi connectivity index (χ1v) is 4.88. The molecule has 0 bridgehead atoms. The number of nitrogens with zero attached hydrogens (tertiary/aromatic N) is 1.